The highest BCUT2D eigenvalue weighted by atomic mass is 19.4. The van der Waals surface area contributed by atoms with Gasteiger partial charge in [0.15, 0.2) is 0 Å². The zero-order chi connectivity index (χ0) is 20.6. The lowest BCUT2D eigenvalue weighted by molar-refractivity contribution is -0.397. The molecule has 26 heavy (non-hydrogen) atoms. The minimum atomic E-state index is -7.01. The Morgan fingerprint density at radius 2 is 1.35 bits per heavy atom. The van der Waals surface area contributed by atoms with Gasteiger partial charge in [-0.25, -0.2) is 0 Å². The lowest BCUT2D eigenvalue weighted by Crippen LogP contribution is -2.60. The van der Waals surface area contributed by atoms with Gasteiger partial charge in [0.05, 0.1) is 12.7 Å². The third kappa shape index (κ3) is 5.06. The first-order chi connectivity index (χ1) is 11.4. The molecule has 0 aliphatic carbocycles. The van der Waals surface area contributed by atoms with Gasteiger partial charge in [0, 0.05) is 6.42 Å². The average Bonchev–Trinajstić information content (AvgIpc) is 2.88. The van der Waals surface area contributed by atoms with Gasteiger partial charge in [0.2, 0.25) is 0 Å². The standard InChI is InChI=1S/C11H10F12O3/c12-7(13,9(17,18)10(19,20)11(21,22)23)2-1-5-3-24-6(26-5)25-4-8(14,15)16/h5-6H,1-4H2. The molecule has 0 aromatic rings. The van der Waals surface area contributed by atoms with E-state index < -0.39 is 68.8 Å². The normalized spacial score (nSPS) is 23.5. The molecular weight excluding hydrogens is 408 g/mol. The molecule has 0 N–H and O–H groups in total. The van der Waals surface area contributed by atoms with Crippen LogP contribution in [-0.2, 0) is 14.2 Å². The van der Waals surface area contributed by atoms with Crippen molar-refractivity contribution in [2.24, 2.45) is 0 Å². The van der Waals surface area contributed by atoms with E-state index in [1.165, 1.54) is 0 Å². The molecule has 2 unspecified atom stereocenters. The van der Waals surface area contributed by atoms with Crippen molar-refractivity contribution in [1.82, 2.24) is 0 Å². The molecule has 0 spiro atoms. The first-order valence-electron chi connectivity index (χ1n) is 6.56. The predicted octanol–water partition coefficient (Wildman–Crippen LogP) is 4.51. The average molecular weight is 418 g/mol. The third-order valence-corrected chi connectivity index (χ3v) is 3.09. The van der Waals surface area contributed by atoms with Crippen LogP contribution in [0.4, 0.5) is 52.7 Å². The Bertz CT molecular complexity index is 472. The molecule has 1 rings (SSSR count). The van der Waals surface area contributed by atoms with E-state index in [0.717, 1.165) is 0 Å². The van der Waals surface area contributed by atoms with Gasteiger partial charge in [-0.3, -0.25) is 0 Å². The first-order valence-corrected chi connectivity index (χ1v) is 6.56. The van der Waals surface area contributed by atoms with Crippen molar-refractivity contribution in [1.29, 1.82) is 0 Å². The lowest BCUT2D eigenvalue weighted by atomic mass is 9.98. The Kier molecular flexibility index (Phi) is 6.41. The van der Waals surface area contributed by atoms with Crippen LogP contribution in [0.2, 0.25) is 0 Å². The topological polar surface area (TPSA) is 27.7 Å². The molecule has 1 fully saturated rings. The summed E-state index contributed by atoms with van der Waals surface area (Å²) in [6, 6.07) is 0. The van der Waals surface area contributed by atoms with Crippen LogP contribution in [0.1, 0.15) is 12.8 Å². The van der Waals surface area contributed by atoms with E-state index in [0.29, 0.717) is 0 Å². The zero-order valence-electron chi connectivity index (χ0n) is 12.2. The number of rotatable bonds is 7. The predicted molar refractivity (Wildman–Crippen MR) is 56.8 cm³/mol. The maximum atomic E-state index is 13.3. The Morgan fingerprint density at radius 1 is 0.808 bits per heavy atom. The van der Waals surface area contributed by atoms with E-state index >= 15 is 0 Å². The third-order valence-electron chi connectivity index (χ3n) is 3.09. The van der Waals surface area contributed by atoms with Crippen molar-refractivity contribution in [3.8, 4) is 0 Å². The fourth-order valence-electron chi connectivity index (χ4n) is 1.73. The van der Waals surface area contributed by atoms with E-state index in [4.69, 9.17) is 0 Å². The molecule has 0 amide bonds. The van der Waals surface area contributed by atoms with E-state index in [9.17, 15) is 52.7 Å². The second-order valence-electron chi connectivity index (χ2n) is 5.20. The number of hydrogen-bond acceptors (Lipinski definition) is 3. The van der Waals surface area contributed by atoms with Gasteiger partial charge in [-0.1, -0.05) is 0 Å². The molecule has 0 radical (unpaired) electrons. The summed E-state index contributed by atoms with van der Waals surface area (Å²) in [7, 11) is 0. The summed E-state index contributed by atoms with van der Waals surface area (Å²) in [5, 5.41) is 0. The van der Waals surface area contributed by atoms with Gasteiger partial charge in [-0.05, 0) is 6.42 Å². The molecule has 0 aromatic heterocycles. The zero-order valence-corrected chi connectivity index (χ0v) is 12.2. The quantitative estimate of drug-likeness (QED) is 0.570. The summed E-state index contributed by atoms with van der Waals surface area (Å²) < 4.78 is 162. The highest BCUT2D eigenvalue weighted by Gasteiger charge is 2.81. The number of halogens is 12. The van der Waals surface area contributed by atoms with Gasteiger partial charge in [-0.2, -0.15) is 52.7 Å². The first kappa shape index (κ1) is 23.1. The Labute approximate surface area is 137 Å². The molecular formula is C11H10F12O3. The SMILES string of the molecule is FC(F)(F)COC1OCC(CCC(F)(F)C(F)(F)C(F)(F)C(F)(F)F)O1. The Hall–Kier alpha value is -0.960. The molecule has 1 saturated heterocycles. The van der Waals surface area contributed by atoms with Crippen molar-refractivity contribution in [2.45, 2.75) is 55.5 Å². The number of hydrogen-bond donors (Lipinski definition) is 0. The molecule has 1 heterocycles. The Balaban J connectivity index is 2.63. The minimum absolute atomic E-state index is 0.722. The van der Waals surface area contributed by atoms with Gasteiger partial charge in [-0.15, -0.1) is 0 Å². The summed E-state index contributed by atoms with van der Waals surface area (Å²) in [6.45, 7) is -4.55. The molecule has 1 aliphatic rings. The minimum Gasteiger partial charge on any atom is -0.327 e. The number of ether oxygens (including phenoxy) is 3. The van der Waals surface area contributed by atoms with Crippen molar-refractivity contribution in [3.63, 3.8) is 0 Å². The molecule has 1 aliphatic heterocycles. The largest absolute Gasteiger partial charge is 0.460 e. The van der Waals surface area contributed by atoms with E-state index in [1.807, 2.05) is 0 Å². The Morgan fingerprint density at radius 3 is 1.81 bits per heavy atom. The van der Waals surface area contributed by atoms with Crippen LogP contribution >= 0.6 is 0 Å². The second kappa shape index (κ2) is 7.22. The summed E-state index contributed by atoms with van der Waals surface area (Å²) >= 11 is 0. The maximum Gasteiger partial charge on any atom is 0.460 e. The van der Waals surface area contributed by atoms with Crippen LogP contribution in [0, 0.1) is 0 Å². The highest BCUT2D eigenvalue weighted by Crippen LogP contribution is 2.54. The van der Waals surface area contributed by atoms with Crippen LogP contribution in [0.5, 0.6) is 0 Å². The maximum absolute atomic E-state index is 13.3. The van der Waals surface area contributed by atoms with Crippen LogP contribution in [-0.4, -0.2) is 55.9 Å². The molecule has 156 valence electrons. The van der Waals surface area contributed by atoms with Gasteiger partial charge >= 0.3 is 30.1 Å². The van der Waals surface area contributed by atoms with Crippen molar-refractivity contribution >= 4 is 0 Å². The molecule has 15 heteroatoms. The molecule has 0 aromatic carbocycles. The van der Waals surface area contributed by atoms with E-state index in [-0.39, 0.29) is 0 Å². The molecule has 3 nitrogen and oxygen atoms in total. The summed E-state index contributed by atoms with van der Waals surface area (Å²) in [4.78, 5) is 0. The van der Waals surface area contributed by atoms with Crippen molar-refractivity contribution < 1.29 is 66.9 Å². The molecule has 0 saturated carbocycles. The van der Waals surface area contributed by atoms with E-state index in [2.05, 4.69) is 14.2 Å². The monoisotopic (exact) mass is 418 g/mol. The molecule has 0 bridgehead atoms. The van der Waals surface area contributed by atoms with Crippen LogP contribution < -0.4 is 0 Å². The van der Waals surface area contributed by atoms with Gasteiger partial charge in [0.25, 0.3) is 6.48 Å². The van der Waals surface area contributed by atoms with Crippen LogP contribution in [0.15, 0.2) is 0 Å². The number of alkyl halides is 12. The highest BCUT2D eigenvalue weighted by molar-refractivity contribution is 5.00. The summed E-state index contributed by atoms with van der Waals surface area (Å²) in [5.41, 5.74) is 0. The smallest absolute Gasteiger partial charge is 0.327 e. The van der Waals surface area contributed by atoms with Crippen molar-refractivity contribution in [3.05, 3.63) is 0 Å². The van der Waals surface area contributed by atoms with Crippen molar-refractivity contribution in [2.75, 3.05) is 13.2 Å². The van der Waals surface area contributed by atoms with Crippen LogP contribution in [0.3, 0.4) is 0 Å². The van der Waals surface area contributed by atoms with E-state index in [1.54, 1.807) is 0 Å². The lowest BCUT2D eigenvalue weighted by Gasteiger charge is -2.33. The fraction of sp³-hybridized carbons (Fsp3) is 1.00. The second-order valence-corrected chi connectivity index (χ2v) is 5.20. The van der Waals surface area contributed by atoms with Crippen LogP contribution in [0.25, 0.3) is 0 Å². The summed E-state index contributed by atoms with van der Waals surface area (Å²) in [5.74, 6) is -19.6. The van der Waals surface area contributed by atoms with Gasteiger partial charge in [0.1, 0.15) is 6.61 Å². The fourth-order valence-corrected chi connectivity index (χ4v) is 1.73. The molecule has 2 atom stereocenters. The van der Waals surface area contributed by atoms with Gasteiger partial charge < -0.3 is 14.2 Å². The summed E-state index contributed by atoms with van der Waals surface area (Å²) in [6.07, 6.45) is -16.7.